The number of carbonyl (C=O) groups is 2. The van der Waals surface area contributed by atoms with Crippen LogP contribution in [0.15, 0.2) is 54.6 Å². The summed E-state index contributed by atoms with van der Waals surface area (Å²) in [7, 11) is 0. The summed E-state index contributed by atoms with van der Waals surface area (Å²) in [4.78, 5) is 29.3. The molecule has 0 spiro atoms. The van der Waals surface area contributed by atoms with Crippen molar-refractivity contribution in [2.24, 2.45) is 11.7 Å². The predicted molar refractivity (Wildman–Crippen MR) is 142 cm³/mol. The molecule has 3 rings (SSSR count). The van der Waals surface area contributed by atoms with Gasteiger partial charge in [0.15, 0.2) is 0 Å². The highest BCUT2D eigenvalue weighted by Gasteiger charge is 2.21. The Bertz CT molecular complexity index is 1230. The molecule has 36 heavy (non-hydrogen) atoms. The van der Waals surface area contributed by atoms with Gasteiger partial charge in [-0.1, -0.05) is 56.3 Å². The lowest BCUT2D eigenvalue weighted by molar-refractivity contribution is 0.0523. The van der Waals surface area contributed by atoms with Crippen molar-refractivity contribution < 1.29 is 19.4 Å². The van der Waals surface area contributed by atoms with Crippen molar-refractivity contribution in [3.8, 4) is 22.4 Å². The minimum absolute atomic E-state index is 0.185. The molecule has 0 atom stereocenters. The molecule has 0 aliphatic carbocycles. The van der Waals surface area contributed by atoms with Gasteiger partial charge in [-0.3, -0.25) is 4.98 Å². The molecule has 7 nitrogen and oxygen atoms in total. The molecule has 7 heteroatoms. The normalized spacial score (nSPS) is 11.4. The van der Waals surface area contributed by atoms with Gasteiger partial charge in [0.25, 0.3) is 0 Å². The van der Waals surface area contributed by atoms with Gasteiger partial charge in [-0.15, -0.1) is 0 Å². The van der Waals surface area contributed by atoms with Crippen molar-refractivity contribution in [1.82, 2.24) is 10.3 Å². The number of benzene rings is 2. The van der Waals surface area contributed by atoms with Crippen molar-refractivity contribution >= 4 is 12.1 Å². The van der Waals surface area contributed by atoms with Crippen LogP contribution in [0.25, 0.3) is 22.4 Å². The number of rotatable bonds is 8. The first-order chi connectivity index (χ1) is 17.0. The second-order valence-electron chi connectivity index (χ2n) is 10.2. The number of carboxylic acid groups (broad SMARTS) is 1. The number of hydrogen-bond donors (Lipinski definition) is 3. The van der Waals surface area contributed by atoms with Crippen LogP contribution in [0.5, 0.6) is 0 Å². The average molecular weight is 490 g/mol. The second-order valence-corrected chi connectivity index (χ2v) is 10.2. The minimum atomic E-state index is -1.01. The largest absolute Gasteiger partial charge is 0.478 e. The van der Waals surface area contributed by atoms with E-state index in [1.54, 1.807) is 24.3 Å². The quantitative estimate of drug-likeness (QED) is 0.369. The topological polar surface area (TPSA) is 115 Å². The Morgan fingerprint density at radius 2 is 1.72 bits per heavy atom. The fraction of sp³-hybridized carbons (Fsp3) is 0.345. The lowest BCUT2D eigenvalue weighted by atomic mass is 9.92. The van der Waals surface area contributed by atoms with Gasteiger partial charge >= 0.3 is 12.1 Å². The second kappa shape index (κ2) is 11.4. The Kier molecular flexibility index (Phi) is 8.48. The van der Waals surface area contributed by atoms with Gasteiger partial charge < -0.3 is 20.9 Å². The van der Waals surface area contributed by atoms with Crippen molar-refractivity contribution in [3.05, 3.63) is 77.0 Å². The molecule has 190 valence electrons. The number of nitrogens with zero attached hydrogens (tertiary/aromatic N) is 1. The van der Waals surface area contributed by atoms with E-state index >= 15 is 0 Å². The lowest BCUT2D eigenvalue weighted by Crippen LogP contribution is -2.32. The summed E-state index contributed by atoms with van der Waals surface area (Å²) in [6, 6.07) is 16.7. The summed E-state index contributed by atoms with van der Waals surface area (Å²) in [5, 5.41) is 12.7. The highest BCUT2D eigenvalue weighted by atomic mass is 16.6. The zero-order chi connectivity index (χ0) is 26.5. The van der Waals surface area contributed by atoms with Gasteiger partial charge in [0.1, 0.15) is 5.60 Å². The summed E-state index contributed by atoms with van der Waals surface area (Å²) in [5.74, 6) is -0.725. The van der Waals surface area contributed by atoms with Gasteiger partial charge in [-0.25, -0.2) is 9.59 Å². The Labute approximate surface area is 212 Å². The van der Waals surface area contributed by atoms with E-state index < -0.39 is 17.7 Å². The third-order valence-corrected chi connectivity index (χ3v) is 5.55. The number of nitrogens with two attached hydrogens (primary N) is 1. The van der Waals surface area contributed by atoms with Crippen LogP contribution in [-0.2, 0) is 24.2 Å². The molecule has 0 fully saturated rings. The molecule has 0 unspecified atom stereocenters. The van der Waals surface area contributed by atoms with Crippen LogP contribution in [0.4, 0.5) is 4.79 Å². The van der Waals surface area contributed by atoms with Crippen molar-refractivity contribution in [2.75, 3.05) is 0 Å². The van der Waals surface area contributed by atoms with Crippen LogP contribution in [0, 0.1) is 5.92 Å². The first-order valence-corrected chi connectivity index (χ1v) is 12.1. The Morgan fingerprint density at radius 3 is 2.31 bits per heavy atom. The summed E-state index contributed by atoms with van der Waals surface area (Å²) < 4.78 is 5.44. The average Bonchev–Trinajstić information content (AvgIpc) is 2.81. The molecular weight excluding hydrogens is 454 g/mol. The fourth-order valence-corrected chi connectivity index (χ4v) is 3.96. The lowest BCUT2D eigenvalue weighted by Gasteiger charge is -2.22. The van der Waals surface area contributed by atoms with E-state index in [4.69, 9.17) is 15.5 Å². The fourth-order valence-electron chi connectivity index (χ4n) is 3.96. The molecular formula is C29H35N3O4. The molecule has 1 heterocycles. The summed E-state index contributed by atoms with van der Waals surface area (Å²) in [5.41, 5.74) is 10.9. The first kappa shape index (κ1) is 26.9. The number of nitrogens with one attached hydrogen (secondary N) is 1. The molecule has 1 aromatic heterocycles. The highest BCUT2D eigenvalue weighted by molar-refractivity contribution is 5.96. The number of aromatic nitrogens is 1. The predicted octanol–water partition coefficient (Wildman–Crippen LogP) is 5.80. The zero-order valence-electron chi connectivity index (χ0n) is 21.6. The highest BCUT2D eigenvalue weighted by Crippen LogP contribution is 2.33. The Hall–Kier alpha value is -3.71. The number of alkyl carbamates (subject to hydrolysis) is 1. The van der Waals surface area contributed by atoms with Crippen LogP contribution >= 0.6 is 0 Å². The first-order valence-electron chi connectivity index (χ1n) is 12.1. The maximum atomic E-state index is 12.5. The molecule has 0 saturated carbocycles. The van der Waals surface area contributed by atoms with Gasteiger partial charge in [0.2, 0.25) is 0 Å². The van der Waals surface area contributed by atoms with E-state index in [2.05, 4.69) is 19.2 Å². The molecule has 2 aromatic carbocycles. The van der Waals surface area contributed by atoms with E-state index in [0.29, 0.717) is 24.2 Å². The maximum Gasteiger partial charge on any atom is 0.407 e. The number of carboxylic acids is 1. The zero-order valence-corrected chi connectivity index (χ0v) is 21.6. The number of ether oxygens (including phenoxy) is 1. The minimum Gasteiger partial charge on any atom is -0.478 e. The summed E-state index contributed by atoms with van der Waals surface area (Å²) >= 11 is 0. The van der Waals surface area contributed by atoms with Crippen LogP contribution in [-0.4, -0.2) is 27.8 Å². The molecule has 0 aliphatic heterocycles. The van der Waals surface area contributed by atoms with Crippen molar-refractivity contribution in [2.45, 2.75) is 59.7 Å². The van der Waals surface area contributed by atoms with Gasteiger partial charge in [0, 0.05) is 29.9 Å². The number of carbonyl (C=O) groups excluding carboxylic acids is 1. The van der Waals surface area contributed by atoms with Crippen molar-refractivity contribution in [3.63, 3.8) is 0 Å². The van der Waals surface area contributed by atoms with Crippen LogP contribution in [0.1, 0.15) is 61.8 Å². The van der Waals surface area contributed by atoms with E-state index in [9.17, 15) is 14.7 Å². The molecule has 0 bridgehead atoms. The molecule has 0 aliphatic rings. The SMILES string of the molecule is CC(C)Cc1nc(-c2ccccc2C(=O)O)cc(-c2ccc(CN)cc2)c1CNC(=O)OC(C)(C)C. The number of aromatic carboxylic acids is 1. The van der Waals surface area contributed by atoms with Gasteiger partial charge in [-0.05, 0) is 61.9 Å². The molecule has 0 radical (unpaired) electrons. The van der Waals surface area contributed by atoms with Crippen molar-refractivity contribution in [1.29, 1.82) is 0 Å². The summed E-state index contributed by atoms with van der Waals surface area (Å²) in [6.45, 7) is 10.3. The smallest absolute Gasteiger partial charge is 0.407 e. The van der Waals surface area contributed by atoms with Crippen LogP contribution < -0.4 is 11.1 Å². The van der Waals surface area contributed by atoms with Gasteiger partial charge in [0.05, 0.1) is 11.3 Å². The number of hydrogen-bond acceptors (Lipinski definition) is 5. The Balaban J connectivity index is 2.20. The van der Waals surface area contributed by atoms with E-state index in [0.717, 1.165) is 27.9 Å². The van der Waals surface area contributed by atoms with E-state index in [1.807, 2.05) is 51.1 Å². The third kappa shape index (κ3) is 6.92. The van der Waals surface area contributed by atoms with Crippen LogP contribution in [0.2, 0.25) is 0 Å². The maximum absolute atomic E-state index is 12.5. The van der Waals surface area contributed by atoms with Gasteiger partial charge in [-0.2, -0.15) is 0 Å². The van der Waals surface area contributed by atoms with E-state index in [-0.39, 0.29) is 18.0 Å². The standard InChI is InChI=1S/C29H35N3O4/c1-18(2)14-25-24(17-31-28(35)36-29(3,4)5)23(20-12-10-19(16-30)11-13-20)15-26(32-25)21-8-6-7-9-22(21)27(33)34/h6-13,15,18H,14,16-17,30H2,1-5H3,(H,31,35)(H,33,34). The van der Waals surface area contributed by atoms with E-state index in [1.165, 1.54) is 0 Å². The molecule has 0 saturated heterocycles. The third-order valence-electron chi connectivity index (χ3n) is 5.55. The number of amides is 1. The monoisotopic (exact) mass is 489 g/mol. The number of pyridine rings is 1. The summed E-state index contributed by atoms with van der Waals surface area (Å²) in [6.07, 6.45) is 0.144. The molecule has 1 amide bonds. The Morgan fingerprint density at radius 1 is 1.06 bits per heavy atom. The molecule has 4 N–H and O–H groups in total. The molecule has 3 aromatic rings. The van der Waals surface area contributed by atoms with Crippen LogP contribution in [0.3, 0.4) is 0 Å².